The summed E-state index contributed by atoms with van der Waals surface area (Å²) in [4.78, 5) is 15.6. The van der Waals surface area contributed by atoms with E-state index in [0.29, 0.717) is 0 Å². The maximum Gasteiger partial charge on any atom is 0.213 e. The van der Waals surface area contributed by atoms with Gasteiger partial charge in [-0.1, -0.05) is 11.8 Å². The Kier molecular flexibility index (Phi) is 3.84. The van der Waals surface area contributed by atoms with Crippen molar-refractivity contribution in [1.29, 1.82) is 0 Å². The molecule has 0 spiro atoms. The van der Waals surface area contributed by atoms with Crippen molar-refractivity contribution < 1.29 is 0 Å². The van der Waals surface area contributed by atoms with Crippen LogP contribution in [-0.4, -0.2) is 0 Å². The lowest BCUT2D eigenvalue weighted by Gasteiger charge is -1.94. The molecule has 0 saturated heterocycles. The van der Waals surface area contributed by atoms with Gasteiger partial charge in [0.2, 0.25) is 6.49 Å². The van der Waals surface area contributed by atoms with Crippen LogP contribution in [0.5, 0.6) is 0 Å². The minimum atomic E-state index is -3.26. The van der Waals surface area contributed by atoms with Gasteiger partial charge in [-0.3, -0.25) is 0 Å². The zero-order chi connectivity index (χ0) is 8.74. The molecule has 0 atom stereocenters. The zero-order valence-corrected chi connectivity index (χ0v) is 6.59. The number of hydrogen-bond acceptors (Lipinski definition) is 1. The molecule has 0 aliphatic rings. The van der Waals surface area contributed by atoms with Gasteiger partial charge in [-0.25, -0.2) is 0 Å². The molecule has 0 saturated carbocycles. The van der Waals surface area contributed by atoms with Crippen molar-refractivity contribution in [3.05, 3.63) is 31.3 Å². The first-order valence-electron chi connectivity index (χ1n) is 1.98. The lowest BCUT2D eigenvalue weighted by Crippen LogP contribution is -1.56. The molecule has 0 bridgehead atoms. The fourth-order valence-electron chi connectivity index (χ4n) is 0.210. The Morgan fingerprint density at radius 1 is 0.909 bits per heavy atom. The normalized spacial score (nSPS) is 12.7. The van der Waals surface area contributed by atoms with E-state index < -0.39 is 6.49 Å². The van der Waals surface area contributed by atoms with Crippen LogP contribution >= 0.6 is 6.49 Å². The predicted octanol–water partition coefficient (Wildman–Crippen LogP) is 3.14. The van der Waals surface area contributed by atoms with Gasteiger partial charge in [0.25, 0.3) is 0 Å². The first-order chi connectivity index (χ1) is 5.18. The average molecular weight is 189 g/mol. The maximum atomic E-state index is 7.91. The van der Waals surface area contributed by atoms with Gasteiger partial charge in [0.1, 0.15) is 0 Å². The molecule has 11 heavy (non-hydrogen) atoms. The Labute approximate surface area is 65.1 Å². The van der Waals surface area contributed by atoms with Gasteiger partial charge in [0, 0.05) is 14.7 Å². The zero-order valence-electron chi connectivity index (χ0n) is 4.88. The fraction of sp³-hybridized carbons (Fsp3) is 0. The van der Waals surface area contributed by atoms with Crippen LogP contribution in [0.4, 0.5) is 0 Å². The summed E-state index contributed by atoms with van der Waals surface area (Å²) < 4.78 is 0. The monoisotopic (exact) mass is 189 g/mol. The summed E-state index contributed by atoms with van der Waals surface area (Å²) in [6, 6.07) is 0. The third-order valence-corrected chi connectivity index (χ3v) is 2.07. The average Bonchev–Trinajstić information content (AvgIpc) is 1.88. The lowest BCUT2D eigenvalue weighted by atomic mass is 13.0. The molecule has 0 unspecified atom stereocenters. The van der Waals surface area contributed by atoms with Crippen LogP contribution in [0, 0.1) is 0 Å². The minimum absolute atomic E-state index is 2.29. The number of rotatable bonds is 3. The second kappa shape index (κ2) is 4.40. The molecular formula is N9PS. The van der Waals surface area contributed by atoms with Gasteiger partial charge < -0.3 is 0 Å². The van der Waals surface area contributed by atoms with Gasteiger partial charge in [0.15, 0.2) is 0 Å². The first-order valence-corrected chi connectivity index (χ1v) is 4.64. The van der Waals surface area contributed by atoms with Gasteiger partial charge in [-0.05, 0) is 31.2 Å². The van der Waals surface area contributed by atoms with E-state index in [2.05, 4.69) is 41.2 Å². The van der Waals surface area contributed by atoms with E-state index >= 15 is 0 Å². The van der Waals surface area contributed by atoms with Crippen molar-refractivity contribution in [2.45, 2.75) is 0 Å². The molecule has 0 heterocycles. The standard InChI is InChI=1S/N9PS/c1-4-7-10(11,8-5-2)9-6-3. The van der Waals surface area contributed by atoms with Crippen LogP contribution in [0.2, 0.25) is 0 Å². The molecule has 0 aliphatic heterocycles. The van der Waals surface area contributed by atoms with E-state index in [9.17, 15) is 0 Å². The Morgan fingerprint density at radius 3 is 1.36 bits per heavy atom. The summed E-state index contributed by atoms with van der Waals surface area (Å²) in [6.07, 6.45) is 0. The largest absolute Gasteiger partial charge is 0.213 e. The second-order valence-electron chi connectivity index (χ2n) is 1.05. The number of azide groups is 1. The SMILES string of the molecule is [N-]=[N+]=NP(=S)(N=[N+]=[N-])N=[N+]=[N-]. The third kappa shape index (κ3) is 3.32. The highest BCUT2D eigenvalue weighted by atomic mass is 32.4. The Hall–Kier alpha value is -1.42. The highest BCUT2D eigenvalue weighted by Crippen LogP contribution is 2.51. The third-order valence-electron chi connectivity index (χ3n) is 0.470. The lowest BCUT2D eigenvalue weighted by molar-refractivity contribution is 1.54. The minimum Gasteiger partial charge on any atom is -0.0771 e. The van der Waals surface area contributed by atoms with Crippen molar-refractivity contribution in [2.24, 2.45) is 14.7 Å². The molecule has 0 N–H and O–H groups in total. The van der Waals surface area contributed by atoms with E-state index in [1.807, 2.05) is 0 Å². The van der Waals surface area contributed by atoms with Gasteiger partial charge in [-0.2, -0.15) is 0 Å². The molecule has 0 aliphatic carbocycles. The molecule has 0 aromatic rings. The molecule has 0 rings (SSSR count). The van der Waals surface area contributed by atoms with Gasteiger partial charge >= 0.3 is 0 Å². The van der Waals surface area contributed by atoms with E-state index in [0.717, 1.165) is 0 Å². The quantitative estimate of drug-likeness (QED) is 0.285. The Bertz CT molecular complexity index is 267. The molecule has 0 radical (unpaired) electrons. The first kappa shape index (κ1) is 9.58. The van der Waals surface area contributed by atoms with Gasteiger partial charge in [0.05, 0.1) is 0 Å². The Balaban J connectivity index is 5.13. The predicted molar refractivity (Wildman–Crippen MR) is 41.7 cm³/mol. The van der Waals surface area contributed by atoms with Crippen molar-refractivity contribution >= 4 is 18.3 Å². The molecule has 0 fully saturated rings. The summed E-state index contributed by atoms with van der Waals surface area (Å²) in [7, 11) is 0. The van der Waals surface area contributed by atoms with Crippen LogP contribution in [0.15, 0.2) is 14.7 Å². The van der Waals surface area contributed by atoms with Gasteiger partial charge in [-0.15, -0.1) is 0 Å². The van der Waals surface area contributed by atoms with Crippen LogP contribution in [0.3, 0.4) is 0 Å². The summed E-state index contributed by atoms with van der Waals surface area (Å²) in [5.74, 6) is 0. The molecular weight excluding hydrogens is 189 g/mol. The van der Waals surface area contributed by atoms with E-state index in [4.69, 9.17) is 16.6 Å². The maximum absolute atomic E-state index is 7.91. The highest BCUT2D eigenvalue weighted by Gasteiger charge is 2.08. The van der Waals surface area contributed by atoms with E-state index in [-0.39, 0.29) is 0 Å². The second-order valence-corrected chi connectivity index (χ2v) is 4.08. The summed E-state index contributed by atoms with van der Waals surface area (Å²) in [6.45, 7) is -3.26. The topological polar surface area (TPSA) is 146 Å². The number of nitrogens with zero attached hydrogens (tertiary/aromatic N) is 9. The van der Waals surface area contributed by atoms with E-state index in [1.54, 1.807) is 0 Å². The summed E-state index contributed by atoms with van der Waals surface area (Å²) in [5, 5.41) is 0. The highest BCUT2D eigenvalue weighted by molar-refractivity contribution is 8.12. The van der Waals surface area contributed by atoms with Crippen LogP contribution < -0.4 is 0 Å². The number of hydrogen-bond donors (Lipinski definition) is 0. The van der Waals surface area contributed by atoms with Crippen LogP contribution in [0.25, 0.3) is 31.3 Å². The van der Waals surface area contributed by atoms with Crippen molar-refractivity contribution in [2.75, 3.05) is 0 Å². The summed E-state index contributed by atoms with van der Waals surface area (Å²) >= 11 is 4.45. The summed E-state index contributed by atoms with van der Waals surface area (Å²) in [5.41, 5.74) is 23.7. The fourth-order valence-corrected chi connectivity index (χ4v) is 0.924. The van der Waals surface area contributed by atoms with Crippen molar-refractivity contribution in [3.8, 4) is 0 Å². The van der Waals surface area contributed by atoms with Crippen LogP contribution in [-0.2, 0) is 11.8 Å². The molecule has 9 nitrogen and oxygen atoms in total. The molecule has 56 valence electrons. The molecule has 0 amide bonds. The van der Waals surface area contributed by atoms with Crippen molar-refractivity contribution in [1.82, 2.24) is 0 Å². The Morgan fingerprint density at radius 2 is 1.18 bits per heavy atom. The van der Waals surface area contributed by atoms with E-state index in [1.165, 1.54) is 0 Å². The van der Waals surface area contributed by atoms with Crippen molar-refractivity contribution in [3.63, 3.8) is 0 Å². The van der Waals surface area contributed by atoms with Crippen LogP contribution in [0.1, 0.15) is 0 Å². The molecule has 0 aromatic carbocycles. The smallest absolute Gasteiger partial charge is 0.0771 e. The molecule has 11 heteroatoms. The molecule has 0 aromatic heterocycles.